The zero-order valence-electron chi connectivity index (χ0n) is 13.2. The SMILES string of the molecule is Cc1ccc(S(=O)(=O)NCC(C)N2CCC(C)CC2)cc1. The fourth-order valence-electron chi connectivity index (χ4n) is 2.63. The number of hydrogen-bond acceptors (Lipinski definition) is 3. The Bertz CT molecular complexity index is 546. The van der Waals surface area contributed by atoms with Gasteiger partial charge in [-0.1, -0.05) is 24.6 Å². The Morgan fingerprint density at radius 1 is 1.24 bits per heavy atom. The van der Waals surface area contributed by atoms with Gasteiger partial charge in [-0.3, -0.25) is 4.90 Å². The third kappa shape index (κ3) is 4.53. The van der Waals surface area contributed by atoms with E-state index >= 15 is 0 Å². The van der Waals surface area contributed by atoms with E-state index in [4.69, 9.17) is 0 Å². The van der Waals surface area contributed by atoms with Crippen LogP contribution in [0.15, 0.2) is 29.2 Å². The van der Waals surface area contributed by atoms with Gasteiger partial charge in [-0.15, -0.1) is 0 Å². The van der Waals surface area contributed by atoms with Gasteiger partial charge in [0.1, 0.15) is 0 Å². The van der Waals surface area contributed by atoms with Crippen molar-refractivity contribution in [3.8, 4) is 0 Å². The van der Waals surface area contributed by atoms with Crippen molar-refractivity contribution in [3.05, 3.63) is 29.8 Å². The zero-order chi connectivity index (χ0) is 15.5. The predicted molar refractivity (Wildman–Crippen MR) is 85.8 cm³/mol. The summed E-state index contributed by atoms with van der Waals surface area (Å²) in [6, 6.07) is 7.20. The summed E-state index contributed by atoms with van der Waals surface area (Å²) >= 11 is 0. The van der Waals surface area contributed by atoms with E-state index in [1.54, 1.807) is 12.1 Å². The molecule has 1 saturated heterocycles. The number of sulfonamides is 1. The van der Waals surface area contributed by atoms with Crippen LogP contribution < -0.4 is 4.72 Å². The van der Waals surface area contributed by atoms with E-state index in [0.717, 1.165) is 24.6 Å². The molecule has 1 heterocycles. The van der Waals surface area contributed by atoms with E-state index in [2.05, 4.69) is 23.5 Å². The first kappa shape index (κ1) is 16.5. The van der Waals surface area contributed by atoms with E-state index in [1.807, 2.05) is 19.1 Å². The van der Waals surface area contributed by atoms with Gasteiger partial charge in [-0.05, 0) is 57.8 Å². The molecular formula is C16H26N2O2S. The van der Waals surface area contributed by atoms with Crippen molar-refractivity contribution in [3.63, 3.8) is 0 Å². The van der Waals surface area contributed by atoms with Gasteiger partial charge in [0.15, 0.2) is 0 Å². The molecule has 1 aliphatic rings. The van der Waals surface area contributed by atoms with Gasteiger partial charge in [0.05, 0.1) is 4.90 Å². The molecule has 0 aliphatic carbocycles. The summed E-state index contributed by atoms with van der Waals surface area (Å²) in [5, 5.41) is 0. The van der Waals surface area contributed by atoms with Crippen LogP contribution in [0.3, 0.4) is 0 Å². The lowest BCUT2D eigenvalue weighted by molar-refractivity contribution is 0.148. The van der Waals surface area contributed by atoms with E-state index in [0.29, 0.717) is 11.4 Å². The number of benzene rings is 1. The van der Waals surface area contributed by atoms with E-state index in [-0.39, 0.29) is 6.04 Å². The van der Waals surface area contributed by atoms with Gasteiger partial charge in [0, 0.05) is 12.6 Å². The molecule has 5 heteroatoms. The van der Waals surface area contributed by atoms with Gasteiger partial charge >= 0.3 is 0 Å². The maximum absolute atomic E-state index is 12.3. The Morgan fingerprint density at radius 3 is 2.38 bits per heavy atom. The van der Waals surface area contributed by atoms with Crippen LogP contribution in [0.5, 0.6) is 0 Å². The molecule has 2 rings (SSSR count). The second-order valence-corrected chi connectivity index (χ2v) is 8.00. The minimum atomic E-state index is -3.40. The summed E-state index contributed by atoms with van der Waals surface area (Å²) in [6.45, 7) is 8.91. The molecule has 1 aromatic carbocycles. The number of likely N-dealkylation sites (tertiary alicyclic amines) is 1. The van der Waals surface area contributed by atoms with Crippen LogP contribution in [0.4, 0.5) is 0 Å². The lowest BCUT2D eigenvalue weighted by Crippen LogP contribution is -2.45. The fourth-order valence-corrected chi connectivity index (χ4v) is 3.75. The van der Waals surface area contributed by atoms with Gasteiger partial charge in [-0.25, -0.2) is 13.1 Å². The molecule has 0 aromatic heterocycles. The molecule has 1 N–H and O–H groups in total. The molecule has 1 unspecified atom stereocenters. The minimum Gasteiger partial charge on any atom is -0.299 e. The number of aryl methyl sites for hydroxylation is 1. The second-order valence-electron chi connectivity index (χ2n) is 6.23. The Morgan fingerprint density at radius 2 is 1.81 bits per heavy atom. The molecule has 0 spiro atoms. The summed E-state index contributed by atoms with van der Waals surface area (Å²) in [5.74, 6) is 0.790. The monoisotopic (exact) mass is 310 g/mol. The average molecular weight is 310 g/mol. The summed E-state index contributed by atoms with van der Waals surface area (Å²) in [6.07, 6.45) is 2.41. The maximum Gasteiger partial charge on any atom is 0.240 e. The summed E-state index contributed by atoms with van der Waals surface area (Å²) in [7, 11) is -3.40. The van der Waals surface area contributed by atoms with Crippen LogP contribution in [0.1, 0.15) is 32.3 Å². The van der Waals surface area contributed by atoms with Crippen LogP contribution in [0.2, 0.25) is 0 Å². The van der Waals surface area contributed by atoms with Crippen LogP contribution in [-0.4, -0.2) is 39.0 Å². The Kier molecular flexibility index (Phi) is 5.41. The van der Waals surface area contributed by atoms with Gasteiger partial charge in [0.25, 0.3) is 0 Å². The highest BCUT2D eigenvalue weighted by molar-refractivity contribution is 7.89. The number of piperidine rings is 1. The van der Waals surface area contributed by atoms with Crippen LogP contribution in [-0.2, 0) is 10.0 Å². The Hall–Kier alpha value is -0.910. The lowest BCUT2D eigenvalue weighted by Gasteiger charge is -2.34. The molecule has 0 saturated carbocycles. The quantitative estimate of drug-likeness (QED) is 0.908. The molecule has 0 amide bonds. The summed E-state index contributed by atoms with van der Waals surface area (Å²) in [4.78, 5) is 2.71. The van der Waals surface area contributed by atoms with Crippen LogP contribution in [0.25, 0.3) is 0 Å². The molecule has 1 aromatic rings. The van der Waals surface area contributed by atoms with Gasteiger partial charge < -0.3 is 0 Å². The molecule has 1 aliphatic heterocycles. The molecule has 118 valence electrons. The van der Waals surface area contributed by atoms with Gasteiger partial charge in [-0.2, -0.15) is 0 Å². The summed E-state index contributed by atoms with van der Waals surface area (Å²) < 4.78 is 27.2. The first-order valence-electron chi connectivity index (χ1n) is 7.69. The smallest absolute Gasteiger partial charge is 0.240 e. The van der Waals surface area contributed by atoms with Crippen molar-refractivity contribution in [2.45, 2.75) is 44.6 Å². The second kappa shape index (κ2) is 6.90. The third-order valence-corrected chi connectivity index (χ3v) is 5.78. The molecule has 21 heavy (non-hydrogen) atoms. The summed E-state index contributed by atoms with van der Waals surface area (Å²) in [5.41, 5.74) is 1.06. The van der Waals surface area contributed by atoms with E-state index in [1.165, 1.54) is 12.8 Å². The van der Waals surface area contributed by atoms with Crippen molar-refractivity contribution in [2.24, 2.45) is 5.92 Å². The number of hydrogen-bond donors (Lipinski definition) is 1. The van der Waals surface area contributed by atoms with Crippen molar-refractivity contribution >= 4 is 10.0 Å². The largest absolute Gasteiger partial charge is 0.299 e. The number of nitrogens with zero attached hydrogens (tertiary/aromatic N) is 1. The molecule has 4 nitrogen and oxygen atoms in total. The van der Waals surface area contributed by atoms with Crippen molar-refractivity contribution in [1.29, 1.82) is 0 Å². The molecular weight excluding hydrogens is 284 g/mol. The van der Waals surface area contributed by atoms with Crippen molar-refractivity contribution in [2.75, 3.05) is 19.6 Å². The standard InChI is InChI=1S/C16H26N2O2S/c1-13-4-6-16(7-5-13)21(19,20)17-12-15(3)18-10-8-14(2)9-11-18/h4-7,14-15,17H,8-12H2,1-3H3. The Labute approximate surface area is 128 Å². The van der Waals surface area contributed by atoms with Crippen LogP contribution in [0, 0.1) is 12.8 Å². The fraction of sp³-hybridized carbons (Fsp3) is 0.625. The molecule has 1 atom stereocenters. The highest BCUT2D eigenvalue weighted by Gasteiger charge is 2.22. The first-order valence-corrected chi connectivity index (χ1v) is 9.17. The van der Waals surface area contributed by atoms with Crippen LogP contribution >= 0.6 is 0 Å². The predicted octanol–water partition coefficient (Wildman–Crippen LogP) is 2.39. The Balaban J connectivity index is 1.90. The van der Waals surface area contributed by atoms with E-state index in [9.17, 15) is 8.42 Å². The zero-order valence-corrected chi connectivity index (χ0v) is 14.0. The van der Waals surface area contributed by atoms with E-state index < -0.39 is 10.0 Å². The number of rotatable bonds is 5. The number of nitrogens with one attached hydrogen (secondary N) is 1. The van der Waals surface area contributed by atoms with Crippen molar-refractivity contribution < 1.29 is 8.42 Å². The highest BCUT2D eigenvalue weighted by atomic mass is 32.2. The molecule has 0 radical (unpaired) electrons. The highest BCUT2D eigenvalue weighted by Crippen LogP contribution is 2.18. The first-order chi connectivity index (χ1) is 9.88. The topological polar surface area (TPSA) is 49.4 Å². The lowest BCUT2D eigenvalue weighted by atomic mass is 9.98. The molecule has 0 bridgehead atoms. The van der Waals surface area contributed by atoms with Gasteiger partial charge in [0.2, 0.25) is 10.0 Å². The molecule has 1 fully saturated rings. The normalized spacial score (nSPS) is 19.6. The minimum absolute atomic E-state index is 0.234. The maximum atomic E-state index is 12.3. The average Bonchev–Trinajstić information content (AvgIpc) is 2.46. The van der Waals surface area contributed by atoms with Crippen molar-refractivity contribution in [1.82, 2.24) is 9.62 Å². The third-order valence-electron chi connectivity index (χ3n) is 4.34.